The summed E-state index contributed by atoms with van der Waals surface area (Å²) >= 11 is 0. The van der Waals surface area contributed by atoms with E-state index in [-0.39, 0.29) is 11.8 Å². The van der Waals surface area contributed by atoms with Crippen LogP contribution in [0.25, 0.3) is 16.5 Å². The highest BCUT2D eigenvalue weighted by atomic mass is 16.1. The molecule has 1 N–H and O–H groups in total. The fraction of sp³-hybridized carbons (Fsp3) is 0.571. The number of pyridine rings is 2. The lowest BCUT2D eigenvalue weighted by molar-refractivity contribution is -0.121. The molecule has 1 aliphatic carbocycles. The molecular formula is C28H44N4O. The van der Waals surface area contributed by atoms with Crippen molar-refractivity contribution in [3.8, 4) is 0 Å². The van der Waals surface area contributed by atoms with E-state index in [1.165, 1.54) is 0 Å². The number of aliphatic imine (C=N–C) groups is 1. The molecule has 0 spiro atoms. The van der Waals surface area contributed by atoms with E-state index in [1.807, 2.05) is 65.1 Å². The van der Waals surface area contributed by atoms with E-state index in [9.17, 15) is 4.79 Å². The van der Waals surface area contributed by atoms with Gasteiger partial charge in [-0.15, -0.1) is 0 Å². The van der Waals surface area contributed by atoms with Crippen LogP contribution in [0.1, 0.15) is 93.2 Å². The number of aromatic nitrogens is 2. The molecular weight excluding hydrogens is 408 g/mol. The molecule has 0 aromatic carbocycles. The van der Waals surface area contributed by atoms with E-state index in [0.29, 0.717) is 11.9 Å². The van der Waals surface area contributed by atoms with Crippen LogP contribution in [0, 0.1) is 11.8 Å². The van der Waals surface area contributed by atoms with Crippen LogP contribution in [0.2, 0.25) is 0 Å². The van der Waals surface area contributed by atoms with Gasteiger partial charge < -0.3 is 5.32 Å². The number of hydrogen-bond acceptors (Lipinski definition) is 4. The van der Waals surface area contributed by atoms with Crippen molar-refractivity contribution < 1.29 is 4.79 Å². The number of hydrogen-bond donors (Lipinski definition) is 1. The minimum Gasteiger partial charge on any atom is -0.310 e. The van der Waals surface area contributed by atoms with Gasteiger partial charge in [-0.2, -0.15) is 0 Å². The van der Waals surface area contributed by atoms with Crippen molar-refractivity contribution in [2.45, 2.75) is 93.5 Å². The van der Waals surface area contributed by atoms with E-state index in [0.717, 1.165) is 60.2 Å². The van der Waals surface area contributed by atoms with E-state index >= 15 is 0 Å². The Kier molecular flexibility index (Phi) is 13.2. The van der Waals surface area contributed by atoms with Gasteiger partial charge >= 0.3 is 0 Å². The van der Waals surface area contributed by atoms with Gasteiger partial charge in [0.2, 0.25) is 5.91 Å². The second kappa shape index (κ2) is 15.3. The highest BCUT2D eigenvalue weighted by Crippen LogP contribution is 2.29. The quantitative estimate of drug-likeness (QED) is 0.456. The van der Waals surface area contributed by atoms with Gasteiger partial charge in [-0.25, -0.2) is 9.97 Å². The highest BCUT2D eigenvalue weighted by Gasteiger charge is 2.24. The molecule has 1 fully saturated rings. The Morgan fingerprint density at radius 1 is 1.18 bits per heavy atom. The Bertz CT molecular complexity index is 911. The van der Waals surface area contributed by atoms with Crippen molar-refractivity contribution in [3.63, 3.8) is 0 Å². The monoisotopic (exact) mass is 452 g/mol. The normalized spacial score (nSPS) is 19.2. The Balaban J connectivity index is 0.00000129. The molecule has 5 heteroatoms. The summed E-state index contributed by atoms with van der Waals surface area (Å²) in [4.78, 5) is 26.4. The summed E-state index contributed by atoms with van der Waals surface area (Å²) in [7, 11) is 0. The summed E-state index contributed by atoms with van der Waals surface area (Å²) in [5.41, 5.74) is 2.68. The summed E-state index contributed by atoms with van der Waals surface area (Å²) in [5, 5.41) is 3.95. The van der Waals surface area contributed by atoms with Crippen molar-refractivity contribution >= 4 is 34.4 Å². The van der Waals surface area contributed by atoms with Gasteiger partial charge in [-0.05, 0) is 64.0 Å². The molecule has 0 bridgehead atoms. The van der Waals surface area contributed by atoms with Crippen molar-refractivity contribution in [2.24, 2.45) is 16.8 Å². The summed E-state index contributed by atoms with van der Waals surface area (Å²) in [6, 6.07) is 6.16. The van der Waals surface area contributed by atoms with Gasteiger partial charge in [0.25, 0.3) is 0 Å². The van der Waals surface area contributed by atoms with Crippen LogP contribution < -0.4 is 5.32 Å². The first kappa shape index (κ1) is 28.5. The molecule has 0 radical (unpaired) electrons. The summed E-state index contributed by atoms with van der Waals surface area (Å²) in [5.74, 6) is 1.47. The number of nitrogens with one attached hydrogen (secondary N) is 1. The maximum atomic E-state index is 12.6. The Hall–Kier alpha value is -2.56. The fourth-order valence-corrected chi connectivity index (χ4v) is 3.60. The van der Waals surface area contributed by atoms with Gasteiger partial charge in [0.15, 0.2) is 0 Å². The zero-order chi connectivity index (χ0) is 24.8. The van der Waals surface area contributed by atoms with E-state index in [2.05, 4.69) is 36.1 Å². The number of nitrogens with zero attached hydrogens (tertiary/aromatic N) is 3. The first-order chi connectivity index (χ1) is 16.0. The van der Waals surface area contributed by atoms with E-state index in [4.69, 9.17) is 4.98 Å². The molecule has 0 aliphatic heterocycles. The average molecular weight is 453 g/mol. The fourth-order valence-electron chi connectivity index (χ4n) is 3.60. The SMILES string of the molecule is C/C=C(\C=NC(C)CC)c1ccc2cnc(NC(=O)C3CCC(C)CC3)cc2n1.CC.CC. The third-order valence-corrected chi connectivity index (χ3v) is 5.88. The van der Waals surface area contributed by atoms with E-state index in [1.54, 1.807) is 6.20 Å². The first-order valence-corrected chi connectivity index (χ1v) is 12.8. The Morgan fingerprint density at radius 3 is 2.45 bits per heavy atom. The van der Waals surface area contributed by atoms with Crippen molar-refractivity contribution in [1.82, 2.24) is 9.97 Å². The lowest BCUT2D eigenvalue weighted by Crippen LogP contribution is -2.26. The van der Waals surface area contributed by atoms with Gasteiger partial charge in [-0.3, -0.25) is 9.79 Å². The summed E-state index contributed by atoms with van der Waals surface area (Å²) < 4.78 is 0. The zero-order valence-corrected chi connectivity index (χ0v) is 22.0. The molecule has 1 aliphatic rings. The average Bonchev–Trinajstić information content (AvgIpc) is 2.86. The molecule has 1 atom stereocenters. The number of carbonyl (C=O) groups is 1. The second-order valence-electron chi connectivity index (χ2n) is 8.18. The molecule has 0 saturated heterocycles. The number of allylic oxidation sites excluding steroid dienone is 2. The van der Waals surface area contributed by atoms with Gasteiger partial charge in [0.1, 0.15) is 5.82 Å². The molecule has 2 heterocycles. The van der Waals surface area contributed by atoms with Crippen LogP contribution in [-0.4, -0.2) is 28.1 Å². The number of amides is 1. The predicted molar refractivity (Wildman–Crippen MR) is 144 cm³/mol. The minimum absolute atomic E-state index is 0.0785. The minimum atomic E-state index is 0.0785. The van der Waals surface area contributed by atoms with Crippen LogP contribution in [0.15, 0.2) is 35.5 Å². The lowest BCUT2D eigenvalue weighted by Gasteiger charge is -2.25. The van der Waals surface area contributed by atoms with Gasteiger partial charge in [0.05, 0.1) is 11.2 Å². The summed E-state index contributed by atoms with van der Waals surface area (Å²) in [6.07, 6.45) is 10.9. The molecule has 182 valence electrons. The zero-order valence-electron chi connectivity index (χ0n) is 22.0. The topological polar surface area (TPSA) is 67.2 Å². The standard InChI is InChI=1S/C24H32N4O.2C2H6/c1-5-17(4)25-14-18(6-2)21-12-11-20-15-26-23(13-22(20)27-21)28-24(29)19-9-7-16(3)8-10-19;2*1-2/h6,11-17,19H,5,7-10H2,1-4H3,(H,26,28,29);2*1-2H3/b18-6+,25-14?;;. The first-order valence-electron chi connectivity index (χ1n) is 12.8. The molecule has 2 aromatic heterocycles. The Labute approximate surface area is 201 Å². The second-order valence-corrected chi connectivity index (χ2v) is 8.18. The number of rotatable bonds is 6. The summed E-state index contributed by atoms with van der Waals surface area (Å²) in [6.45, 7) is 16.5. The molecule has 1 unspecified atom stereocenters. The maximum Gasteiger partial charge on any atom is 0.228 e. The molecule has 1 saturated carbocycles. The highest BCUT2D eigenvalue weighted by molar-refractivity contribution is 6.09. The van der Waals surface area contributed by atoms with Crippen LogP contribution >= 0.6 is 0 Å². The Morgan fingerprint density at radius 2 is 1.85 bits per heavy atom. The number of anilines is 1. The lowest BCUT2D eigenvalue weighted by atomic mass is 9.82. The molecule has 2 aromatic rings. The van der Waals surface area contributed by atoms with Crippen molar-refractivity contribution in [3.05, 3.63) is 36.2 Å². The van der Waals surface area contributed by atoms with Crippen LogP contribution in [0.4, 0.5) is 5.82 Å². The third-order valence-electron chi connectivity index (χ3n) is 5.88. The third kappa shape index (κ3) is 8.71. The molecule has 3 rings (SSSR count). The molecule has 5 nitrogen and oxygen atoms in total. The van der Waals surface area contributed by atoms with Crippen molar-refractivity contribution in [1.29, 1.82) is 0 Å². The van der Waals surface area contributed by atoms with Gasteiger partial charge in [-0.1, -0.05) is 47.6 Å². The number of fused-ring (bicyclic) bond motifs is 1. The van der Waals surface area contributed by atoms with Crippen LogP contribution in [0.5, 0.6) is 0 Å². The predicted octanol–water partition coefficient (Wildman–Crippen LogP) is 7.72. The van der Waals surface area contributed by atoms with Crippen LogP contribution in [-0.2, 0) is 4.79 Å². The van der Waals surface area contributed by atoms with E-state index < -0.39 is 0 Å². The van der Waals surface area contributed by atoms with Gasteiger partial charge in [0, 0.05) is 41.4 Å². The smallest absolute Gasteiger partial charge is 0.228 e. The largest absolute Gasteiger partial charge is 0.310 e. The number of carbonyl (C=O) groups excluding carboxylic acids is 1. The molecule has 33 heavy (non-hydrogen) atoms. The maximum absolute atomic E-state index is 12.6. The van der Waals surface area contributed by atoms with Crippen LogP contribution in [0.3, 0.4) is 0 Å². The van der Waals surface area contributed by atoms with Crippen molar-refractivity contribution in [2.75, 3.05) is 5.32 Å². The molecule has 1 amide bonds.